The van der Waals surface area contributed by atoms with Crippen LogP contribution < -0.4 is 5.32 Å². The topological polar surface area (TPSA) is 38.3 Å². The van der Waals surface area contributed by atoms with Gasteiger partial charge in [0.05, 0.1) is 5.88 Å². The maximum Gasteiger partial charge on any atom is 0.411 e. The van der Waals surface area contributed by atoms with Gasteiger partial charge in [0.1, 0.15) is 6.61 Å². The molecule has 14 heavy (non-hydrogen) atoms. The monoisotopic (exact) mass is 277 g/mol. The number of halogens is 2. The molecule has 76 valence electrons. The van der Waals surface area contributed by atoms with Crippen LogP contribution in [0.2, 0.25) is 0 Å². The number of rotatable bonds is 3. The molecule has 0 bridgehead atoms. The number of hydrogen-bond acceptors (Lipinski definition) is 2. The average Bonchev–Trinajstić information content (AvgIpc) is 2.18. The molecule has 5 heteroatoms. The van der Waals surface area contributed by atoms with E-state index < -0.39 is 6.09 Å². The maximum absolute atomic E-state index is 11.1. The summed E-state index contributed by atoms with van der Waals surface area (Å²) in [6, 6.07) is 7.20. The number of carbonyl (C=O) groups is 1. The number of nitrogens with one attached hydrogen (secondary N) is 1. The highest BCUT2D eigenvalue weighted by atomic mass is 79.9. The molecule has 1 aromatic rings. The first-order chi connectivity index (χ1) is 6.72. The molecule has 0 heterocycles. The second kappa shape index (κ2) is 5.88. The Labute approximate surface area is 95.5 Å². The number of alkyl halides is 1. The summed E-state index contributed by atoms with van der Waals surface area (Å²) in [6.07, 6.45) is -0.493. The molecule has 0 unspecified atom stereocenters. The van der Waals surface area contributed by atoms with Gasteiger partial charge in [-0.05, 0) is 24.3 Å². The van der Waals surface area contributed by atoms with Crippen LogP contribution in [0.5, 0.6) is 0 Å². The first kappa shape index (κ1) is 11.3. The Balaban J connectivity index is 2.44. The van der Waals surface area contributed by atoms with E-state index in [2.05, 4.69) is 21.2 Å². The molecule has 0 radical (unpaired) electrons. The van der Waals surface area contributed by atoms with Gasteiger partial charge in [-0.1, -0.05) is 15.9 Å². The minimum absolute atomic E-state index is 0.212. The molecule has 0 aromatic heterocycles. The fourth-order valence-corrected chi connectivity index (χ4v) is 1.16. The van der Waals surface area contributed by atoms with E-state index in [9.17, 15) is 4.79 Å². The fraction of sp³-hybridized carbons (Fsp3) is 0.222. The van der Waals surface area contributed by atoms with Crippen molar-refractivity contribution in [2.24, 2.45) is 0 Å². The largest absolute Gasteiger partial charge is 0.448 e. The third-order valence-corrected chi connectivity index (χ3v) is 2.08. The predicted octanol–water partition coefficient (Wildman–Crippen LogP) is 3.24. The smallest absolute Gasteiger partial charge is 0.411 e. The highest BCUT2D eigenvalue weighted by molar-refractivity contribution is 9.10. The minimum atomic E-state index is -0.493. The summed E-state index contributed by atoms with van der Waals surface area (Å²) in [5.41, 5.74) is 0.688. The Kier molecular flexibility index (Phi) is 4.76. The van der Waals surface area contributed by atoms with Gasteiger partial charge in [-0.2, -0.15) is 0 Å². The molecule has 0 saturated carbocycles. The molecule has 0 saturated heterocycles. The minimum Gasteiger partial charge on any atom is -0.448 e. The van der Waals surface area contributed by atoms with Gasteiger partial charge in [0.2, 0.25) is 0 Å². The fourth-order valence-electron chi connectivity index (χ4n) is 0.818. The van der Waals surface area contributed by atoms with Crippen molar-refractivity contribution >= 4 is 39.3 Å². The number of amides is 1. The van der Waals surface area contributed by atoms with Crippen LogP contribution >= 0.6 is 27.5 Å². The number of hydrogen-bond donors (Lipinski definition) is 1. The lowest BCUT2D eigenvalue weighted by atomic mass is 10.3. The van der Waals surface area contributed by atoms with E-state index >= 15 is 0 Å². The molecule has 0 aliphatic heterocycles. The molecule has 1 rings (SSSR count). The zero-order valence-corrected chi connectivity index (χ0v) is 9.64. The third-order valence-electron chi connectivity index (χ3n) is 1.40. The van der Waals surface area contributed by atoms with Crippen LogP contribution in [0.3, 0.4) is 0 Å². The van der Waals surface area contributed by atoms with Crippen molar-refractivity contribution in [2.45, 2.75) is 0 Å². The lowest BCUT2D eigenvalue weighted by molar-refractivity contribution is 0.168. The Morgan fingerprint density at radius 2 is 2.07 bits per heavy atom. The highest BCUT2D eigenvalue weighted by Gasteiger charge is 2.01. The van der Waals surface area contributed by atoms with Crippen LogP contribution in [-0.2, 0) is 4.74 Å². The van der Waals surface area contributed by atoms with Gasteiger partial charge in [0.15, 0.2) is 0 Å². The summed E-state index contributed by atoms with van der Waals surface area (Å²) >= 11 is 8.65. The number of anilines is 1. The van der Waals surface area contributed by atoms with Crippen LogP contribution in [0.1, 0.15) is 0 Å². The summed E-state index contributed by atoms with van der Waals surface area (Å²) in [6.45, 7) is 0.212. The standard InChI is InChI=1S/C9H9BrClNO2/c10-7-1-3-8(4-2-7)12-9(13)14-6-5-11/h1-4H,5-6H2,(H,12,13). The van der Waals surface area contributed by atoms with Gasteiger partial charge in [-0.3, -0.25) is 5.32 Å². The molecule has 0 spiro atoms. The molecule has 1 aromatic carbocycles. The van der Waals surface area contributed by atoms with E-state index in [-0.39, 0.29) is 6.61 Å². The van der Waals surface area contributed by atoms with Crippen LogP contribution in [-0.4, -0.2) is 18.6 Å². The first-order valence-electron chi connectivity index (χ1n) is 3.97. The van der Waals surface area contributed by atoms with Crippen molar-refractivity contribution in [3.05, 3.63) is 28.7 Å². The summed E-state index contributed by atoms with van der Waals surface area (Å²) in [5.74, 6) is 0.299. The highest BCUT2D eigenvalue weighted by Crippen LogP contribution is 2.14. The van der Waals surface area contributed by atoms with Gasteiger partial charge in [-0.25, -0.2) is 4.79 Å². The molecular formula is C9H9BrClNO2. The van der Waals surface area contributed by atoms with Gasteiger partial charge in [-0.15, -0.1) is 11.6 Å². The molecule has 0 atom stereocenters. The Morgan fingerprint density at radius 1 is 1.43 bits per heavy atom. The van der Waals surface area contributed by atoms with Crippen molar-refractivity contribution in [1.82, 2.24) is 0 Å². The van der Waals surface area contributed by atoms with E-state index in [1.807, 2.05) is 12.1 Å². The van der Waals surface area contributed by atoms with Crippen molar-refractivity contribution in [1.29, 1.82) is 0 Å². The van der Waals surface area contributed by atoms with Gasteiger partial charge < -0.3 is 4.74 Å². The number of carbonyl (C=O) groups excluding carboxylic acids is 1. The third kappa shape index (κ3) is 3.98. The molecular weight excluding hydrogens is 269 g/mol. The quantitative estimate of drug-likeness (QED) is 0.862. The Bertz CT molecular complexity index is 302. The Hall–Kier alpha value is -0.740. The zero-order valence-electron chi connectivity index (χ0n) is 7.30. The van der Waals surface area contributed by atoms with E-state index in [1.165, 1.54) is 0 Å². The van der Waals surface area contributed by atoms with Crippen LogP contribution in [0, 0.1) is 0 Å². The zero-order chi connectivity index (χ0) is 10.4. The normalized spacial score (nSPS) is 9.57. The second-order valence-corrected chi connectivity index (χ2v) is 3.75. The van der Waals surface area contributed by atoms with Gasteiger partial charge >= 0.3 is 6.09 Å². The SMILES string of the molecule is O=C(Nc1ccc(Br)cc1)OCCCl. The van der Waals surface area contributed by atoms with Crippen molar-refractivity contribution < 1.29 is 9.53 Å². The average molecular weight is 279 g/mol. The Morgan fingerprint density at radius 3 is 2.64 bits per heavy atom. The van der Waals surface area contributed by atoms with Gasteiger partial charge in [0, 0.05) is 10.2 Å². The molecule has 0 fully saturated rings. The second-order valence-electron chi connectivity index (χ2n) is 2.46. The predicted molar refractivity (Wildman–Crippen MR) is 59.8 cm³/mol. The summed E-state index contributed by atoms with van der Waals surface area (Å²) in [7, 11) is 0. The van der Waals surface area contributed by atoms with Gasteiger partial charge in [0.25, 0.3) is 0 Å². The summed E-state index contributed by atoms with van der Waals surface area (Å²) in [4.78, 5) is 11.1. The van der Waals surface area contributed by atoms with Crippen LogP contribution in [0.15, 0.2) is 28.7 Å². The maximum atomic E-state index is 11.1. The first-order valence-corrected chi connectivity index (χ1v) is 5.30. The van der Waals surface area contributed by atoms with Crippen LogP contribution in [0.4, 0.5) is 10.5 Å². The molecule has 0 aliphatic carbocycles. The number of ether oxygens (including phenoxy) is 1. The molecule has 1 N–H and O–H groups in total. The van der Waals surface area contributed by atoms with E-state index in [4.69, 9.17) is 16.3 Å². The van der Waals surface area contributed by atoms with E-state index in [0.717, 1.165) is 4.47 Å². The molecule has 0 aliphatic rings. The van der Waals surface area contributed by atoms with E-state index in [1.54, 1.807) is 12.1 Å². The van der Waals surface area contributed by atoms with Crippen molar-refractivity contribution in [3.8, 4) is 0 Å². The van der Waals surface area contributed by atoms with Crippen molar-refractivity contribution in [2.75, 3.05) is 17.8 Å². The van der Waals surface area contributed by atoms with E-state index in [0.29, 0.717) is 11.6 Å². The lowest BCUT2D eigenvalue weighted by Gasteiger charge is -2.05. The summed E-state index contributed by atoms with van der Waals surface area (Å²) < 4.78 is 5.69. The molecule has 1 amide bonds. The van der Waals surface area contributed by atoms with Crippen molar-refractivity contribution in [3.63, 3.8) is 0 Å². The summed E-state index contributed by atoms with van der Waals surface area (Å²) in [5, 5.41) is 2.56. The molecule has 3 nitrogen and oxygen atoms in total. The van der Waals surface area contributed by atoms with Crippen LogP contribution in [0.25, 0.3) is 0 Å². The number of benzene rings is 1. The lowest BCUT2D eigenvalue weighted by Crippen LogP contribution is -2.14.